The van der Waals surface area contributed by atoms with Gasteiger partial charge in [0.2, 0.25) is 0 Å². The normalized spacial score (nSPS) is 13.4. The van der Waals surface area contributed by atoms with Crippen LogP contribution in [0.5, 0.6) is 0 Å². The Hall–Kier alpha value is -0.0531. The van der Waals surface area contributed by atoms with Gasteiger partial charge in [-0.1, -0.05) is 120 Å². The SMILES string of the molecule is CCC(C)c1cc2c(-c3cc([Si](C)(C)C)cc([Si](C)(C)C)c3)c(C(C)(C)C)ccc2[cH-]1.[Cl][Zr][Cl]. The molecule has 0 aliphatic heterocycles. The summed E-state index contributed by atoms with van der Waals surface area (Å²) >= 11 is -0.826. The Balaban J connectivity index is 0.00000129. The van der Waals surface area contributed by atoms with Crippen molar-refractivity contribution in [3.05, 3.63) is 53.6 Å². The van der Waals surface area contributed by atoms with Crippen LogP contribution in [0.25, 0.3) is 21.9 Å². The second kappa shape index (κ2) is 11.6. The van der Waals surface area contributed by atoms with E-state index in [4.69, 9.17) is 17.0 Å². The molecule has 3 aromatic carbocycles. The summed E-state index contributed by atoms with van der Waals surface area (Å²) in [6, 6.07) is 17.3. The first kappa shape index (κ1) is 30.2. The van der Waals surface area contributed by atoms with Crippen molar-refractivity contribution in [2.75, 3.05) is 0 Å². The van der Waals surface area contributed by atoms with E-state index in [0.29, 0.717) is 5.92 Å². The Morgan fingerprint density at radius 2 is 1.38 bits per heavy atom. The summed E-state index contributed by atoms with van der Waals surface area (Å²) < 4.78 is 0. The van der Waals surface area contributed by atoms with Gasteiger partial charge in [-0.25, -0.2) is 0 Å². The average molecular weight is 610 g/mol. The Morgan fingerprint density at radius 1 is 0.882 bits per heavy atom. The van der Waals surface area contributed by atoms with E-state index in [1.165, 1.54) is 39.4 Å². The molecule has 0 N–H and O–H groups in total. The van der Waals surface area contributed by atoms with Gasteiger partial charge in [-0.15, -0.1) is 34.5 Å². The van der Waals surface area contributed by atoms with Crippen LogP contribution in [0.1, 0.15) is 58.1 Å². The van der Waals surface area contributed by atoms with Gasteiger partial charge in [0, 0.05) is 0 Å². The molecule has 34 heavy (non-hydrogen) atoms. The van der Waals surface area contributed by atoms with Gasteiger partial charge < -0.3 is 0 Å². The van der Waals surface area contributed by atoms with Crippen LogP contribution in [0.2, 0.25) is 39.3 Å². The molecule has 0 nitrogen and oxygen atoms in total. The monoisotopic (exact) mass is 607 g/mol. The molecule has 0 radical (unpaired) electrons. The van der Waals surface area contributed by atoms with Crippen molar-refractivity contribution < 1.29 is 20.8 Å². The predicted octanol–water partition coefficient (Wildman–Crippen LogP) is 9.50. The summed E-state index contributed by atoms with van der Waals surface area (Å²) in [5, 5.41) is 6.02. The molecule has 0 spiro atoms. The number of benzene rings is 2. The molecule has 3 aromatic rings. The summed E-state index contributed by atoms with van der Waals surface area (Å²) in [5.41, 5.74) is 5.96. The van der Waals surface area contributed by atoms with Crippen LogP contribution in [-0.4, -0.2) is 16.1 Å². The molecule has 0 amide bonds. The fraction of sp³-hybridized carbons (Fsp3) is 0.483. The molecule has 0 aromatic heterocycles. The fourth-order valence-electron chi connectivity index (χ4n) is 4.40. The second-order valence-electron chi connectivity index (χ2n) is 12.7. The van der Waals surface area contributed by atoms with Gasteiger partial charge in [0.05, 0.1) is 16.1 Å². The summed E-state index contributed by atoms with van der Waals surface area (Å²) in [4.78, 5) is 0. The average Bonchev–Trinajstić information content (AvgIpc) is 3.15. The van der Waals surface area contributed by atoms with E-state index < -0.39 is 37.0 Å². The van der Waals surface area contributed by atoms with Crippen molar-refractivity contribution in [1.29, 1.82) is 0 Å². The van der Waals surface area contributed by atoms with Crippen molar-refractivity contribution in [3.63, 3.8) is 0 Å². The first-order chi connectivity index (χ1) is 15.5. The van der Waals surface area contributed by atoms with Crippen LogP contribution in [-0.2, 0) is 26.3 Å². The van der Waals surface area contributed by atoms with Gasteiger partial charge >= 0.3 is 37.9 Å². The van der Waals surface area contributed by atoms with Crippen LogP contribution in [0.3, 0.4) is 0 Å². The molecule has 0 aliphatic rings. The van der Waals surface area contributed by atoms with Gasteiger partial charge in [0.1, 0.15) is 0 Å². The van der Waals surface area contributed by atoms with E-state index >= 15 is 0 Å². The Labute approximate surface area is 229 Å². The molecule has 186 valence electrons. The fourth-order valence-corrected chi connectivity index (χ4v) is 6.90. The van der Waals surface area contributed by atoms with Crippen LogP contribution >= 0.6 is 17.0 Å². The molecule has 0 fully saturated rings. The van der Waals surface area contributed by atoms with E-state index in [2.05, 4.69) is 116 Å². The molecule has 1 unspecified atom stereocenters. The van der Waals surface area contributed by atoms with Gasteiger partial charge in [-0.05, 0) is 16.9 Å². The molecule has 0 saturated heterocycles. The summed E-state index contributed by atoms with van der Waals surface area (Å²) in [7, 11) is 7.00. The van der Waals surface area contributed by atoms with Crippen molar-refractivity contribution in [2.24, 2.45) is 0 Å². The second-order valence-corrected chi connectivity index (χ2v) is 26.6. The summed E-state index contributed by atoms with van der Waals surface area (Å²) in [5.74, 6) is 0.601. The molecule has 3 rings (SSSR count). The number of fused-ring (bicyclic) bond motifs is 1. The molecular formula is C29H43Cl2Si2Zr-. The molecule has 5 heteroatoms. The predicted molar refractivity (Wildman–Crippen MR) is 160 cm³/mol. The van der Waals surface area contributed by atoms with Gasteiger partial charge in [0.25, 0.3) is 0 Å². The number of rotatable bonds is 5. The first-order valence-electron chi connectivity index (χ1n) is 12.4. The Bertz CT molecular complexity index is 1080. The van der Waals surface area contributed by atoms with Gasteiger partial charge in [-0.2, -0.15) is 6.07 Å². The van der Waals surface area contributed by atoms with Gasteiger partial charge in [-0.3, -0.25) is 0 Å². The number of hydrogen-bond acceptors (Lipinski definition) is 0. The minimum atomic E-state index is -1.43. The standard InChI is InChI=1S/C29H43Si2.2ClH.Zr/c1-12-20(2)22-15-21-13-14-27(29(3,4)5)28(26(21)18-22)23-16-24(30(6,7)8)19-25(17-23)31(9,10)11;;;/h13-20H,12H2,1-11H3;2*1H;/q-1;;;+2/p-2. The maximum atomic E-state index is 4.93. The third-order valence-corrected chi connectivity index (χ3v) is 10.9. The zero-order valence-corrected chi connectivity index (χ0v) is 29.1. The first-order valence-corrected chi connectivity index (χ1v) is 25.7. The molecule has 1 atom stereocenters. The van der Waals surface area contributed by atoms with Crippen LogP contribution in [0.15, 0.2) is 42.5 Å². The van der Waals surface area contributed by atoms with E-state index in [1.54, 1.807) is 10.4 Å². The summed E-state index contributed by atoms with van der Waals surface area (Å²) in [6.45, 7) is 26.6. The molecule has 0 heterocycles. The molecule has 0 bridgehead atoms. The molecule has 0 saturated carbocycles. The van der Waals surface area contributed by atoms with Crippen molar-refractivity contribution in [3.8, 4) is 11.1 Å². The van der Waals surface area contributed by atoms with Crippen LogP contribution in [0.4, 0.5) is 0 Å². The van der Waals surface area contributed by atoms with Crippen LogP contribution in [0, 0.1) is 0 Å². The molecule has 0 aliphatic carbocycles. The zero-order chi connectivity index (χ0) is 26.1. The Morgan fingerprint density at radius 3 is 1.79 bits per heavy atom. The zero-order valence-electron chi connectivity index (χ0n) is 23.1. The van der Waals surface area contributed by atoms with Crippen molar-refractivity contribution >= 4 is 54.3 Å². The van der Waals surface area contributed by atoms with E-state index in [1.807, 2.05) is 0 Å². The van der Waals surface area contributed by atoms with Crippen molar-refractivity contribution in [2.45, 2.75) is 91.7 Å². The maximum absolute atomic E-state index is 4.93. The topological polar surface area (TPSA) is 0 Å². The quantitative estimate of drug-likeness (QED) is 0.200. The third-order valence-electron chi connectivity index (χ3n) is 6.86. The third kappa shape index (κ3) is 7.25. The Kier molecular flexibility index (Phi) is 10.3. The van der Waals surface area contributed by atoms with E-state index in [0.717, 1.165) is 0 Å². The van der Waals surface area contributed by atoms with Crippen molar-refractivity contribution in [1.82, 2.24) is 0 Å². The van der Waals surface area contributed by atoms with Gasteiger partial charge in [0.15, 0.2) is 0 Å². The van der Waals surface area contributed by atoms with Crippen LogP contribution < -0.4 is 10.4 Å². The van der Waals surface area contributed by atoms with E-state index in [9.17, 15) is 0 Å². The minimum absolute atomic E-state index is 0.103. The van der Waals surface area contributed by atoms with E-state index in [-0.39, 0.29) is 5.41 Å². The summed E-state index contributed by atoms with van der Waals surface area (Å²) in [6.07, 6.45) is 1.18. The number of hydrogen-bond donors (Lipinski definition) is 0. The number of halogens is 2. The molecular weight excluding hydrogens is 567 g/mol.